The Balaban J connectivity index is 1.64. The summed E-state index contributed by atoms with van der Waals surface area (Å²) in [5, 5.41) is 4.31. The molecule has 1 aromatic carbocycles. The zero-order valence-electron chi connectivity index (χ0n) is 12.4. The molecule has 0 radical (unpaired) electrons. The SMILES string of the molecule is Cc1cccc(S(=O)(=O)NCCn2ncc3c2CCOC3)c1. The second kappa shape index (κ2) is 6.20. The van der Waals surface area contributed by atoms with Gasteiger partial charge in [0.15, 0.2) is 0 Å². The Kier molecular flexibility index (Phi) is 4.28. The Morgan fingerprint density at radius 3 is 3.09 bits per heavy atom. The van der Waals surface area contributed by atoms with Crippen LogP contribution in [0.5, 0.6) is 0 Å². The van der Waals surface area contributed by atoms with E-state index in [0.717, 1.165) is 23.2 Å². The monoisotopic (exact) mass is 321 g/mol. The van der Waals surface area contributed by atoms with Crippen LogP contribution in [0.3, 0.4) is 0 Å². The Labute approximate surface area is 130 Å². The molecule has 1 aromatic heterocycles. The van der Waals surface area contributed by atoms with Gasteiger partial charge in [-0.25, -0.2) is 13.1 Å². The van der Waals surface area contributed by atoms with Crippen molar-refractivity contribution in [3.63, 3.8) is 0 Å². The number of hydrogen-bond donors (Lipinski definition) is 1. The van der Waals surface area contributed by atoms with Crippen molar-refractivity contribution in [2.24, 2.45) is 0 Å². The first-order chi connectivity index (χ1) is 10.6. The summed E-state index contributed by atoms with van der Waals surface area (Å²) in [5.74, 6) is 0. The average Bonchev–Trinajstić information content (AvgIpc) is 2.91. The van der Waals surface area contributed by atoms with Crippen molar-refractivity contribution in [1.29, 1.82) is 0 Å². The number of benzene rings is 1. The molecule has 3 rings (SSSR count). The Bertz CT molecular complexity index is 768. The molecule has 7 heteroatoms. The van der Waals surface area contributed by atoms with Gasteiger partial charge in [-0.15, -0.1) is 0 Å². The second-order valence-electron chi connectivity index (χ2n) is 5.36. The van der Waals surface area contributed by atoms with Gasteiger partial charge < -0.3 is 4.74 Å². The van der Waals surface area contributed by atoms with Crippen LogP contribution in [-0.2, 0) is 34.3 Å². The standard InChI is InChI=1S/C15H19N3O3S/c1-12-3-2-4-14(9-12)22(19,20)17-6-7-18-15-5-8-21-11-13(15)10-16-18/h2-4,9-10,17H,5-8,11H2,1H3. The summed E-state index contributed by atoms with van der Waals surface area (Å²) in [6.07, 6.45) is 2.61. The molecule has 0 fully saturated rings. The van der Waals surface area contributed by atoms with E-state index in [1.54, 1.807) is 24.4 Å². The lowest BCUT2D eigenvalue weighted by atomic mass is 10.2. The highest BCUT2D eigenvalue weighted by atomic mass is 32.2. The van der Waals surface area contributed by atoms with Crippen molar-refractivity contribution in [2.45, 2.75) is 31.4 Å². The van der Waals surface area contributed by atoms with Crippen LogP contribution in [0.25, 0.3) is 0 Å². The van der Waals surface area contributed by atoms with Crippen LogP contribution in [0.4, 0.5) is 0 Å². The van der Waals surface area contributed by atoms with Crippen molar-refractivity contribution in [1.82, 2.24) is 14.5 Å². The maximum atomic E-state index is 12.2. The summed E-state index contributed by atoms with van der Waals surface area (Å²) in [5.41, 5.74) is 3.15. The van der Waals surface area contributed by atoms with Gasteiger partial charge in [-0.2, -0.15) is 5.10 Å². The average molecular weight is 321 g/mol. The van der Waals surface area contributed by atoms with E-state index < -0.39 is 10.0 Å². The van der Waals surface area contributed by atoms with Gasteiger partial charge in [-0.1, -0.05) is 12.1 Å². The van der Waals surface area contributed by atoms with Crippen LogP contribution in [0.15, 0.2) is 35.4 Å². The van der Waals surface area contributed by atoms with Crippen LogP contribution >= 0.6 is 0 Å². The number of rotatable bonds is 5. The van der Waals surface area contributed by atoms with Crippen LogP contribution in [0.2, 0.25) is 0 Å². The summed E-state index contributed by atoms with van der Waals surface area (Å²) in [6.45, 7) is 3.97. The Morgan fingerprint density at radius 2 is 2.27 bits per heavy atom. The van der Waals surface area contributed by atoms with E-state index >= 15 is 0 Å². The molecule has 0 saturated heterocycles. The van der Waals surface area contributed by atoms with Crippen molar-refractivity contribution in [2.75, 3.05) is 13.2 Å². The topological polar surface area (TPSA) is 73.2 Å². The van der Waals surface area contributed by atoms with Gasteiger partial charge in [0, 0.05) is 24.2 Å². The highest BCUT2D eigenvalue weighted by molar-refractivity contribution is 7.89. The lowest BCUT2D eigenvalue weighted by Gasteiger charge is -2.15. The highest BCUT2D eigenvalue weighted by Crippen LogP contribution is 2.16. The highest BCUT2D eigenvalue weighted by Gasteiger charge is 2.17. The zero-order valence-corrected chi connectivity index (χ0v) is 13.3. The fraction of sp³-hybridized carbons (Fsp3) is 0.400. The third-order valence-electron chi connectivity index (χ3n) is 3.69. The quantitative estimate of drug-likeness (QED) is 0.899. The van der Waals surface area contributed by atoms with Gasteiger partial charge in [0.1, 0.15) is 0 Å². The molecule has 1 N–H and O–H groups in total. The number of nitrogens with zero attached hydrogens (tertiary/aromatic N) is 2. The van der Waals surface area contributed by atoms with E-state index in [9.17, 15) is 8.42 Å². The van der Waals surface area contributed by atoms with Crippen LogP contribution in [0, 0.1) is 6.92 Å². The van der Waals surface area contributed by atoms with Gasteiger partial charge in [-0.05, 0) is 24.6 Å². The molecule has 1 aliphatic rings. The van der Waals surface area contributed by atoms with Crippen molar-refractivity contribution in [3.8, 4) is 0 Å². The molecule has 6 nitrogen and oxygen atoms in total. The van der Waals surface area contributed by atoms with Gasteiger partial charge in [0.05, 0.1) is 30.9 Å². The second-order valence-corrected chi connectivity index (χ2v) is 7.12. The largest absolute Gasteiger partial charge is 0.376 e. The molecule has 0 spiro atoms. The third kappa shape index (κ3) is 3.21. The lowest BCUT2D eigenvalue weighted by molar-refractivity contribution is 0.109. The molecule has 22 heavy (non-hydrogen) atoms. The molecule has 0 aliphatic carbocycles. The number of aryl methyl sites for hydroxylation is 1. The molecule has 2 heterocycles. The minimum absolute atomic E-state index is 0.295. The minimum atomic E-state index is -3.47. The van der Waals surface area contributed by atoms with Gasteiger partial charge >= 0.3 is 0 Å². The molecule has 0 amide bonds. The van der Waals surface area contributed by atoms with Gasteiger partial charge in [0.25, 0.3) is 0 Å². The van der Waals surface area contributed by atoms with Crippen molar-refractivity contribution < 1.29 is 13.2 Å². The molecule has 1 aliphatic heterocycles. The van der Waals surface area contributed by atoms with Crippen LogP contribution in [0.1, 0.15) is 16.8 Å². The number of nitrogens with one attached hydrogen (secondary N) is 1. The summed E-state index contributed by atoms with van der Waals surface area (Å²) in [6, 6.07) is 6.88. The maximum Gasteiger partial charge on any atom is 0.240 e. The van der Waals surface area contributed by atoms with E-state index in [1.807, 2.05) is 17.7 Å². The maximum absolute atomic E-state index is 12.2. The predicted molar refractivity (Wildman–Crippen MR) is 82.0 cm³/mol. The minimum Gasteiger partial charge on any atom is -0.376 e. The van der Waals surface area contributed by atoms with Gasteiger partial charge in [-0.3, -0.25) is 4.68 Å². The van der Waals surface area contributed by atoms with Crippen molar-refractivity contribution >= 4 is 10.0 Å². The van der Waals surface area contributed by atoms with E-state index in [4.69, 9.17) is 4.74 Å². The number of ether oxygens (including phenoxy) is 1. The van der Waals surface area contributed by atoms with Crippen LogP contribution in [-0.4, -0.2) is 31.3 Å². The number of sulfonamides is 1. The summed E-state index contributed by atoms with van der Waals surface area (Å²) in [4.78, 5) is 0.295. The normalized spacial score (nSPS) is 14.8. The van der Waals surface area contributed by atoms with Crippen molar-refractivity contribution in [3.05, 3.63) is 47.3 Å². The third-order valence-corrected chi connectivity index (χ3v) is 5.15. The molecular weight excluding hydrogens is 302 g/mol. The first-order valence-electron chi connectivity index (χ1n) is 7.24. The Hall–Kier alpha value is -1.70. The number of aromatic nitrogens is 2. The lowest BCUT2D eigenvalue weighted by Crippen LogP contribution is -2.28. The number of hydrogen-bond acceptors (Lipinski definition) is 4. The van der Waals surface area contributed by atoms with E-state index in [1.165, 1.54) is 0 Å². The van der Waals surface area contributed by atoms with E-state index in [2.05, 4.69) is 9.82 Å². The summed E-state index contributed by atoms with van der Waals surface area (Å²) < 4.78 is 34.3. The summed E-state index contributed by atoms with van der Waals surface area (Å²) in [7, 11) is -3.47. The first-order valence-corrected chi connectivity index (χ1v) is 8.72. The van der Waals surface area contributed by atoms with Gasteiger partial charge in [0.2, 0.25) is 10.0 Å². The van der Waals surface area contributed by atoms with E-state index in [-0.39, 0.29) is 0 Å². The predicted octanol–water partition coefficient (Wildman–Crippen LogP) is 1.24. The molecule has 118 valence electrons. The fourth-order valence-electron chi connectivity index (χ4n) is 2.55. The molecule has 0 unspecified atom stereocenters. The smallest absolute Gasteiger partial charge is 0.240 e. The molecular formula is C15H19N3O3S. The molecule has 0 bridgehead atoms. The molecule has 2 aromatic rings. The molecule has 0 saturated carbocycles. The molecule has 0 atom stereocenters. The first kappa shape index (κ1) is 15.2. The Morgan fingerprint density at radius 1 is 1.41 bits per heavy atom. The van der Waals surface area contributed by atoms with Crippen LogP contribution < -0.4 is 4.72 Å². The number of fused-ring (bicyclic) bond motifs is 1. The fourth-order valence-corrected chi connectivity index (χ4v) is 3.68. The zero-order chi connectivity index (χ0) is 15.6. The summed E-state index contributed by atoms with van der Waals surface area (Å²) >= 11 is 0. The van der Waals surface area contributed by atoms with E-state index in [0.29, 0.717) is 31.2 Å².